The van der Waals surface area contributed by atoms with Crippen molar-refractivity contribution in [1.29, 1.82) is 0 Å². The number of carbonyl (C=O) groups excluding carboxylic acids is 1. The van der Waals surface area contributed by atoms with E-state index in [0.717, 1.165) is 36.3 Å². The van der Waals surface area contributed by atoms with Crippen molar-refractivity contribution in [2.75, 3.05) is 18.6 Å². The van der Waals surface area contributed by atoms with E-state index >= 15 is 0 Å². The van der Waals surface area contributed by atoms with Crippen LogP contribution in [0.1, 0.15) is 59.5 Å². The van der Waals surface area contributed by atoms with Crippen molar-refractivity contribution in [3.8, 4) is 11.5 Å². The van der Waals surface area contributed by atoms with E-state index in [9.17, 15) is 22.8 Å². The number of fused-ring (bicyclic) bond motifs is 2. The van der Waals surface area contributed by atoms with Crippen molar-refractivity contribution in [3.05, 3.63) is 98.4 Å². The molecule has 1 amide bonds. The predicted octanol–water partition coefficient (Wildman–Crippen LogP) is 7.79. The Balaban J connectivity index is 1.69. The fourth-order valence-electron chi connectivity index (χ4n) is 4.87. The van der Waals surface area contributed by atoms with Crippen LogP contribution in [0.2, 0.25) is 5.02 Å². The molecule has 4 aromatic rings. The first-order valence-corrected chi connectivity index (χ1v) is 13.1. The van der Waals surface area contributed by atoms with Gasteiger partial charge in [-0.05, 0) is 60.5 Å². The highest BCUT2D eigenvalue weighted by molar-refractivity contribution is 6.31. The zero-order valence-corrected chi connectivity index (χ0v) is 22.4. The molecule has 0 saturated carbocycles. The summed E-state index contributed by atoms with van der Waals surface area (Å²) in [6.07, 6.45) is -1.75. The summed E-state index contributed by atoms with van der Waals surface area (Å²) >= 11 is 6.13. The number of rotatable bonds is 8. The van der Waals surface area contributed by atoms with Crippen LogP contribution in [0.15, 0.2) is 69.9 Å². The van der Waals surface area contributed by atoms with Crippen LogP contribution in [0.25, 0.3) is 11.0 Å². The predicted molar refractivity (Wildman–Crippen MR) is 146 cm³/mol. The molecular weight excluding hydrogens is 547 g/mol. The molecule has 0 bridgehead atoms. The van der Waals surface area contributed by atoms with Crippen molar-refractivity contribution in [1.82, 2.24) is 0 Å². The third-order valence-corrected chi connectivity index (χ3v) is 7.03. The van der Waals surface area contributed by atoms with Crippen LogP contribution >= 0.6 is 11.6 Å². The quantitative estimate of drug-likeness (QED) is 0.202. The fraction of sp³-hybridized carbons (Fsp3) is 0.267. The highest BCUT2D eigenvalue weighted by Gasteiger charge is 2.44. The Bertz CT molecular complexity index is 1650. The average Bonchev–Trinajstić information content (AvgIpc) is 3.23. The zero-order valence-electron chi connectivity index (χ0n) is 21.7. The maximum absolute atomic E-state index is 13.8. The minimum Gasteiger partial charge on any atom is -0.493 e. The van der Waals surface area contributed by atoms with Crippen LogP contribution in [-0.2, 0) is 6.18 Å². The van der Waals surface area contributed by atoms with Crippen LogP contribution in [0.5, 0.6) is 11.5 Å². The summed E-state index contributed by atoms with van der Waals surface area (Å²) in [6, 6.07) is 12.6. The largest absolute Gasteiger partial charge is 0.493 e. The average molecular weight is 572 g/mol. The molecule has 1 aliphatic rings. The molecular formula is C30H25ClF3NO5. The number of unbranched alkanes of at least 4 members (excludes halogenated alkanes) is 2. The van der Waals surface area contributed by atoms with Gasteiger partial charge in [0, 0.05) is 10.7 Å². The first-order valence-electron chi connectivity index (χ1n) is 12.7. The summed E-state index contributed by atoms with van der Waals surface area (Å²) in [5.41, 5.74) is -0.925. The topological polar surface area (TPSA) is 69.0 Å². The number of nitrogens with zero attached hydrogens (tertiary/aromatic N) is 1. The molecule has 0 fully saturated rings. The molecule has 0 radical (unpaired) electrons. The molecule has 1 aliphatic heterocycles. The standard InChI is InChI=1S/C30H25ClF3NO5/c1-3-4-5-13-39-23-11-9-17(14-24(23)38-2)26-25-27(36)21-16-19(31)10-12-22(21)40-28(25)29(37)35(26)20-8-6-7-18(15-20)30(32,33)34/h6-12,14-16,26H,3-5,13H2,1-2H3. The highest BCUT2D eigenvalue weighted by atomic mass is 35.5. The van der Waals surface area contributed by atoms with Gasteiger partial charge in [0.25, 0.3) is 5.91 Å². The lowest BCUT2D eigenvalue weighted by Crippen LogP contribution is -2.29. The lowest BCUT2D eigenvalue weighted by atomic mass is 9.97. The van der Waals surface area contributed by atoms with E-state index in [1.54, 1.807) is 18.2 Å². The number of halogens is 4. The number of hydrogen-bond donors (Lipinski definition) is 0. The third kappa shape index (κ3) is 5.01. The van der Waals surface area contributed by atoms with Crippen LogP contribution in [0.3, 0.4) is 0 Å². The number of alkyl halides is 3. The molecule has 1 atom stereocenters. The molecule has 208 valence electrons. The van der Waals surface area contributed by atoms with Crippen molar-refractivity contribution >= 4 is 34.2 Å². The normalized spacial score (nSPS) is 15.0. The molecule has 40 heavy (non-hydrogen) atoms. The monoisotopic (exact) mass is 571 g/mol. The van der Waals surface area contributed by atoms with E-state index in [4.69, 9.17) is 25.5 Å². The molecule has 0 saturated heterocycles. The second-order valence-electron chi connectivity index (χ2n) is 9.41. The number of hydrogen-bond acceptors (Lipinski definition) is 5. The minimum atomic E-state index is -4.64. The smallest absolute Gasteiger partial charge is 0.416 e. The lowest BCUT2D eigenvalue weighted by molar-refractivity contribution is -0.137. The lowest BCUT2D eigenvalue weighted by Gasteiger charge is -2.26. The maximum Gasteiger partial charge on any atom is 0.416 e. The number of anilines is 1. The van der Waals surface area contributed by atoms with Crippen LogP contribution in [0.4, 0.5) is 18.9 Å². The second kappa shape index (κ2) is 10.9. The van der Waals surface area contributed by atoms with E-state index in [1.165, 1.54) is 37.4 Å². The Morgan fingerprint density at radius 1 is 1.00 bits per heavy atom. The number of methoxy groups -OCH3 is 1. The molecule has 1 aromatic heterocycles. The van der Waals surface area contributed by atoms with E-state index in [-0.39, 0.29) is 28.0 Å². The van der Waals surface area contributed by atoms with E-state index in [2.05, 4.69) is 6.92 Å². The Morgan fingerprint density at radius 2 is 1.80 bits per heavy atom. The Hall–Kier alpha value is -3.98. The first kappa shape index (κ1) is 27.6. The van der Waals surface area contributed by atoms with Gasteiger partial charge in [0.2, 0.25) is 5.76 Å². The summed E-state index contributed by atoms with van der Waals surface area (Å²) in [6.45, 7) is 2.56. The van der Waals surface area contributed by atoms with Crippen LogP contribution in [0, 0.1) is 0 Å². The first-order chi connectivity index (χ1) is 19.1. The zero-order chi connectivity index (χ0) is 28.6. The van der Waals surface area contributed by atoms with Gasteiger partial charge in [0.05, 0.1) is 36.3 Å². The molecule has 10 heteroatoms. The SMILES string of the molecule is CCCCCOc1ccc(C2c3c(oc4ccc(Cl)cc4c3=O)C(=O)N2c2cccc(C(F)(F)F)c2)cc1OC. The van der Waals surface area contributed by atoms with Gasteiger partial charge in [-0.15, -0.1) is 0 Å². The highest BCUT2D eigenvalue weighted by Crippen LogP contribution is 2.44. The van der Waals surface area contributed by atoms with E-state index < -0.39 is 29.1 Å². The van der Waals surface area contributed by atoms with Gasteiger partial charge < -0.3 is 13.9 Å². The van der Waals surface area contributed by atoms with E-state index in [1.807, 2.05) is 0 Å². The fourth-order valence-corrected chi connectivity index (χ4v) is 5.04. The molecule has 5 rings (SSSR count). The number of carbonyl (C=O) groups is 1. The Morgan fingerprint density at radius 3 is 2.52 bits per heavy atom. The summed E-state index contributed by atoms with van der Waals surface area (Å²) in [5.74, 6) is -0.171. The van der Waals surface area contributed by atoms with Gasteiger partial charge in [-0.3, -0.25) is 14.5 Å². The van der Waals surface area contributed by atoms with Crippen molar-refractivity contribution in [3.63, 3.8) is 0 Å². The van der Waals surface area contributed by atoms with Crippen LogP contribution < -0.4 is 19.8 Å². The van der Waals surface area contributed by atoms with Crippen molar-refractivity contribution < 1.29 is 31.9 Å². The summed E-state index contributed by atoms with van der Waals surface area (Å²) in [7, 11) is 1.46. The molecule has 0 N–H and O–H groups in total. The third-order valence-electron chi connectivity index (χ3n) is 6.79. The molecule has 2 heterocycles. The summed E-state index contributed by atoms with van der Waals surface area (Å²) in [4.78, 5) is 28.7. The number of benzene rings is 3. The van der Waals surface area contributed by atoms with Crippen molar-refractivity contribution in [2.24, 2.45) is 0 Å². The van der Waals surface area contributed by atoms with E-state index in [0.29, 0.717) is 28.7 Å². The van der Waals surface area contributed by atoms with Gasteiger partial charge >= 0.3 is 6.18 Å². The number of amides is 1. The minimum absolute atomic E-state index is 0.00385. The second-order valence-corrected chi connectivity index (χ2v) is 9.84. The maximum atomic E-state index is 13.8. The summed E-state index contributed by atoms with van der Waals surface area (Å²) in [5, 5.41) is 0.444. The molecule has 1 unspecified atom stereocenters. The molecule has 6 nitrogen and oxygen atoms in total. The molecule has 0 spiro atoms. The van der Waals surface area contributed by atoms with Gasteiger partial charge in [-0.1, -0.05) is 43.5 Å². The van der Waals surface area contributed by atoms with Crippen LogP contribution in [-0.4, -0.2) is 19.6 Å². The van der Waals surface area contributed by atoms with Gasteiger partial charge in [-0.25, -0.2) is 0 Å². The van der Waals surface area contributed by atoms with Gasteiger partial charge in [0.15, 0.2) is 16.9 Å². The summed E-state index contributed by atoms with van der Waals surface area (Å²) < 4.78 is 58.1. The Kier molecular flexibility index (Phi) is 7.51. The Labute approximate surface area is 232 Å². The van der Waals surface area contributed by atoms with Gasteiger partial charge in [0.1, 0.15) is 5.58 Å². The molecule has 0 aliphatic carbocycles. The van der Waals surface area contributed by atoms with Crippen molar-refractivity contribution in [2.45, 2.75) is 38.4 Å². The molecule has 3 aromatic carbocycles. The van der Waals surface area contributed by atoms with Gasteiger partial charge in [-0.2, -0.15) is 13.2 Å². The number of ether oxygens (including phenoxy) is 2.